The number of aryl methyl sites for hydroxylation is 2. The lowest BCUT2D eigenvalue weighted by Crippen LogP contribution is -2.40. The average Bonchev–Trinajstić information content (AvgIpc) is 2.99. The summed E-state index contributed by atoms with van der Waals surface area (Å²) in [5, 5.41) is 0. The minimum absolute atomic E-state index is 0.0651. The van der Waals surface area contributed by atoms with Crippen LogP contribution in [0, 0.1) is 0 Å². The first-order valence-electron chi connectivity index (χ1n) is 8.08. The molecule has 3 rings (SSSR count). The molecule has 0 bridgehead atoms. The molecule has 2 aromatic heterocycles. The minimum atomic E-state index is -0.217. The maximum absolute atomic E-state index is 12.8. The highest BCUT2D eigenvalue weighted by atomic mass is 16.2. The number of nitrogens with one attached hydrogen (secondary N) is 1. The van der Waals surface area contributed by atoms with E-state index in [-0.39, 0.29) is 17.4 Å². The molecule has 1 aliphatic heterocycles. The fourth-order valence-corrected chi connectivity index (χ4v) is 3.24. The van der Waals surface area contributed by atoms with Crippen LogP contribution < -0.4 is 5.56 Å². The lowest BCUT2D eigenvalue weighted by Gasteiger charge is -2.32. The second kappa shape index (κ2) is 6.40. The number of hydrogen-bond acceptors (Lipinski definition) is 3. The Bertz CT molecular complexity index is 762. The van der Waals surface area contributed by atoms with Crippen LogP contribution in [0.15, 0.2) is 29.3 Å². The van der Waals surface area contributed by atoms with Crippen LogP contribution in [-0.4, -0.2) is 38.4 Å². The van der Waals surface area contributed by atoms with Gasteiger partial charge in [0.1, 0.15) is 5.82 Å². The predicted octanol–water partition coefficient (Wildman–Crippen LogP) is 1.69. The third kappa shape index (κ3) is 3.21. The minimum Gasteiger partial charge on any atom is -0.338 e. The highest BCUT2D eigenvalue weighted by Gasteiger charge is 2.27. The topological polar surface area (TPSA) is 71.0 Å². The zero-order valence-electron chi connectivity index (χ0n) is 13.6. The Kier molecular flexibility index (Phi) is 4.32. The molecule has 1 fully saturated rings. The summed E-state index contributed by atoms with van der Waals surface area (Å²) in [5.74, 6) is 1.20. The van der Waals surface area contributed by atoms with Gasteiger partial charge in [-0.2, -0.15) is 0 Å². The molecule has 0 unspecified atom stereocenters. The summed E-state index contributed by atoms with van der Waals surface area (Å²) in [4.78, 5) is 33.5. The van der Waals surface area contributed by atoms with Crippen molar-refractivity contribution >= 4 is 5.91 Å². The van der Waals surface area contributed by atoms with E-state index in [0.29, 0.717) is 18.5 Å². The Balaban J connectivity index is 1.81. The summed E-state index contributed by atoms with van der Waals surface area (Å²) in [6.45, 7) is 3.34. The molecule has 6 heteroatoms. The van der Waals surface area contributed by atoms with Gasteiger partial charge in [-0.05, 0) is 25.3 Å². The molecular formula is C17H22N4O2. The number of piperidine rings is 1. The number of aromatic nitrogens is 3. The van der Waals surface area contributed by atoms with Crippen LogP contribution in [0.3, 0.4) is 0 Å². The van der Waals surface area contributed by atoms with Gasteiger partial charge in [-0.25, -0.2) is 4.98 Å². The summed E-state index contributed by atoms with van der Waals surface area (Å²) in [7, 11) is 1.98. The van der Waals surface area contributed by atoms with Crippen molar-refractivity contribution in [2.24, 2.45) is 7.05 Å². The third-order valence-electron chi connectivity index (χ3n) is 4.46. The molecule has 1 N–H and O–H groups in total. The van der Waals surface area contributed by atoms with Crippen molar-refractivity contribution < 1.29 is 4.79 Å². The number of carbonyl (C=O) groups excluding carboxylic acids is 1. The lowest BCUT2D eigenvalue weighted by atomic mass is 9.96. The number of pyridine rings is 1. The van der Waals surface area contributed by atoms with Gasteiger partial charge >= 0.3 is 0 Å². The van der Waals surface area contributed by atoms with Gasteiger partial charge in [-0.1, -0.05) is 6.92 Å². The number of rotatable bonds is 3. The smallest absolute Gasteiger partial charge is 0.254 e. The van der Waals surface area contributed by atoms with Gasteiger partial charge < -0.3 is 14.5 Å². The molecule has 3 heterocycles. The van der Waals surface area contributed by atoms with Crippen molar-refractivity contribution in [2.45, 2.75) is 32.1 Å². The third-order valence-corrected chi connectivity index (χ3v) is 4.46. The zero-order chi connectivity index (χ0) is 16.4. The number of likely N-dealkylation sites (tertiary alicyclic amines) is 1. The van der Waals surface area contributed by atoms with Crippen molar-refractivity contribution in [3.8, 4) is 0 Å². The standard InChI is InChI=1S/C17H22N4O2/c1-3-14-9-13(10-15(22)19-14)17(23)21-7-4-5-12(11-21)16-18-6-8-20(16)2/h6,8-10,12H,3-5,7,11H2,1-2H3,(H,19,22)/t12-/m0/s1. The Hall–Kier alpha value is -2.37. The molecule has 1 aliphatic rings. The van der Waals surface area contributed by atoms with Gasteiger partial charge in [0.15, 0.2) is 0 Å². The predicted molar refractivity (Wildman–Crippen MR) is 87.5 cm³/mol. The van der Waals surface area contributed by atoms with Crippen LogP contribution in [0.5, 0.6) is 0 Å². The number of H-pyrrole nitrogens is 1. The summed E-state index contributed by atoms with van der Waals surface area (Å²) >= 11 is 0. The fourth-order valence-electron chi connectivity index (χ4n) is 3.24. The number of hydrogen-bond donors (Lipinski definition) is 1. The second-order valence-corrected chi connectivity index (χ2v) is 6.10. The summed E-state index contributed by atoms with van der Waals surface area (Å²) in [5.41, 5.74) is 1.05. The monoisotopic (exact) mass is 314 g/mol. The molecule has 23 heavy (non-hydrogen) atoms. The summed E-state index contributed by atoms with van der Waals surface area (Å²) < 4.78 is 2.01. The van der Waals surface area contributed by atoms with Gasteiger partial charge in [0.25, 0.3) is 5.91 Å². The van der Waals surface area contributed by atoms with E-state index in [1.807, 2.05) is 29.6 Å². The van der Waals surface area contributed by atoms with Gasteiger partial charge in [-0.3, -0.25) is 9.59 Å². The molecular weight excluding hydrogens is 292 g/mol. The van der Waals surface area contributed by atoms with Gasteiger partial charge in [0, 0.05) is 55.8 Å². The Morgan fingerprint density at radius 1 is 1.43 bits per heavy atom. The van der Waals surface area contributed by atoms with Gasteiger partial charge in [0.05, 0.1) is 0 Å². The highest BCUT2D eigenvalue weighted by molar-refractivity contribution is 5.94. The molecule has 0 aliphatic carbocycles. The molecule has 122 valence electrons. The van der Waals surface area contributed by atoms with Crippen LogP contribution >= 0.6 is 0 Å². The van der Waals surface area contributed by atoms with Crippen LogP contribution in [-0.2, 0) is 13.5 Å². The molecule has 0 aromatic carbocycles. The first-order chi connectivity index (χ1) is 11.1. The van der Waals surface area contributed by atoms with E-state index < -0.39 is 0 Å². The Labute approximate surface area is 135 Å². The zero-order valence-corrected chi connectivity index (χ0v) is 13.6. The van der Waals surface area contributed by atoms with E-state index in [0.717, 1.165) is 30.9 Å². The lowest BCUT2D eigenvalue weighted by molar-refractivity contribution is 0.0703. The maximum Gasteiger partial charge on any atom is 0.254 e. The van der Waals surface area contributed by atoms with E-state index in [1.54, 1.807) is 12.3 Å². The van der Waals surface area contributed by atoms with Crippen molar-refractivity contribution in [3.63, 3.8) is 0 Å². The number of imidazole rings is 1. The number of amides is 1. The summed E-state index contributed by atoms with van der Waals surface area (Å²) in [6, 6.07) is 3.18. The molecule has 0 radical (unpaired) electrons. The van der Waals surface area contributed by atoms with Crippen LogP contribution in [0.4, 0.5) is 0 Å². The fraction of sp³-hybridized carbons (Fsp3) is 0.471. The van der Waals surface area contributed by atoms with Crippen molar-refractivity contribution in [2.75, 3.05) is 13.1 Å². The van der Waals surface area contributed by atoms with Crippen LogP contribution in [0.25, 0.3) is 0 Å². The number of nitrogens with zero attached hydrogens (tertiary/aromatic N) is 3. The number of carbonyl (C=O) groups is 1. The molecule has 0 spiro atoms. The van der Waals surface area contributed by atoms with E-state index >= 15 is 0 Å². The van der Waals surface area contributed by atoms with E-state index in [2.05, 4.69) is 9.97 Å². The van der Waals surface area contributed by atoms with Crippen molar-refractivity contribution in [1.82, 2.24) is 19.4 Å². The normalized spacial score (nSPS) is 18.2. The van der Waals surface area contributed by atoms with Crippen molar-refractivity contribution in [1.29, 1.82) is 0 Å². The van der Waals surface area contributed by atoms with Crippen LogP contribution in [0.1, 0.15) is 47.6 Å². The molecule has 1 atom stereocenters. The van der Waals surface area contributed by atoms with Crippen molar-refractivity contribution in [3.05, 3.63) is 52.0 Å². The first-order valence-corrected chi connectivity index (χ1v) is 8.08. The van der Waals surface area contributed by atoms with Gasteiger partial charge in [-0.15, -0.1) is 0 Å². The Morgan fingerprint density at radius 2 is 2.26 bits per heavy atom. The average molecular weight is 314 g/mol. The molecule has 1 saturated heterocycles. The Morgan fingerprint density at radius 3 is 2.96 bits per heavy atom. The largest absolute Gasteiger partial charge is 0.338 e. The quantitative estimate of drug-likeness (QED) is 0.937. The maximum atomic E-state index is 12.8. The first kappa shape index (κ1) is 15.5. The molecule has 2 aromatic rings. The molecule has 0 saturated carbocycles. The van der Waals surface area contributed by atoms with Crippen LogP contribution in [0.2, 0.25) is 0 Å². The van der Waals surface area contributed by atoms with E-state index in [1.165, 1.54) is 6.07 Å². The molecule has 1 amide bonds. The highest BCUT2D eigenvalue weighted by Crippen LogP contribution is 2.26. The SMILES string of the molecule is CCc1cc(C(=O)N2CCC[C@H](c3nccn3C)C2)cc(=O)[nH]1. The molecule has 6 nitrogen and oxygen atoms in total. The van der Waals surface area contributed by atoms with Gasteiger partial charge in [0.2, 0.25) is 5.56 Å². The van der Waals surface area contributed by atoms with E-state index in [4.69, 9.17) is 0 Å². The van der Waals surface area contributed by atoms with E-state index in [9.17, 15) is 9.59 Å². The summed E-state index contributed by atoms with van der Waals surface area (Å²) in [6.07, 6.45) is 6.41. The number of aromatic amines is 1. The second-order valence-electron chi connectivity index (χ2n) is 6.10.